The number of carboxylic acid groups (broad SMARTS) is 1. The van der Waals surface area contributed by atoms with Gasteiger partial charge in [0.2, 0.25) is 5.76 Å². The van der Waals surface area contributed by atoms with Crippen molar-refractivity contribution in [2.24, 2.45) is 5.73 Å². The van der Waals surface area contributed by atoms with Crippen LogP contribution >= 0.6 is 0 Å². The van der Waals surface area contributed by atoms with E-state index >= 15 is 0 Å². The molecular formula is C15H8F2N2O6. The Morgan fingerprint density at radius 3 is 2.40 bits per heavy atom. The Hall–Kier alpha value is -3.69. The Balaban J connectivity index is 2.12. The third-order valence-corrected chi connectivity index (χ3v) is 3.26. The largest absolute Gasteiger partial charge is 0.475 e. The minimum absolute atomic E-state index is 0.213. The SMILES string of the molecule is NC(=O)N(C(=O)c1ccc(C(=O)O)o1)c1coc2c(F)cc(F)cc12. The molecule has 0 aliphatic carbocycles. The number of carboxylic acids is 1. The van der Waals surface area contributed by atoms with Gasteiger partial charge in [0.05, 0.1) is 5.39 Å². The van der Waals surface area contributed by atoms with Crippen molar-refractivity contribution < 1.29 is 37.1 Å². The molecule has 1 aromatic carbocycles. The first-order chi connectivity index (χ1) is 11.8. The number of benzene rings is 1. The molecule has 0 radical (unpaired) electrons. The molecule has 0 atom stereocenters. The van der Waals surface area contributed by atoms with Crippen LogP contribution in [0.1, 0.15) is 21.1 Å². The van der Waals surface area contributed by atoms with Crippen LogP contribution in [0.5, 0.6) is 0 Å². The first-order valence-electron chi connectivity index (χ1n) is 6.63. The standard InChI is InChI=1S/C15H8F2N2O6/c16-6-3-7-9(5-24-12(7)8(17)4-6)19(15(18)23)13(20)10-1-2-11(25-10)14(21)22/h1-5H,(H2,18,23)(H,21,22). The molecule has 3 amide bonds. The van der Waals surface area contributed by atoms with Crippen LogP contribution in [0, 0.1) is 11.6 Å². The minimum atomic E-state index is -1.43. The molecule has 3 rings (SSSR count). The number of furan rings is 2. The molecule has 0 fully saturated rings. The first kappa shape index (κ1) is 16.2. The van der Waals surface area contributed by atoms with Gasteiger partial charge in [-0.15, -0.1) is 0 Å². The topological polar surface area (TPSA) is 127 Å². The van der Waals surface area contributed by atoms with Gasteiger partial charge in [-0.05, 0) is 18.2 Å². The Morgan fingerprint density at radius 1 is 1.12 bits per heavy atom. The van der Waals surface area contributed by atoms with Crippen molar-refractivity contribution >= 4 is 34.6 Å². The molecule has 128 valence electrons. The van der Waals surface area contributed by atoms with Crippen molar-refractivity contribution in [1.82, 2.24) is 0 Å². The van der Waals surface area contributed by atoms with Gasteiger partial charge >= 0.3 is 17.9 Å². The molecule has 0 bridgehead atoms. The number of urea groups is 1. The van der Waals surface area contributed by atoms with Crippen molar-refractivity contribution in [3.8, 4) is 0 Å². The van der Waals surface area contributed by atoms with Gasteiger partial charge in [0, 0.05) is 6.07 Å². The second-order valence-electron chi connectivity index (χ2n) is 4.83. The summed E-state index contributed by atoms with van der Waals surface area (Å²) in [5.74, 6) is -5.61. The Bertz CT molecular complexity index is 1020. The summed E-state index contributed by atoms with van der Waals surface area (Å²) in [4.78, 5) is 35.3. The zero-order valence-electron chi connectivity index (χ0n) is 12.2. The van der Waals surface area contributed by atoms with E-state index in [2.05, 4.69) is 0 Å². The lowest BCUT2D eigenvalue weighted by Gasteiger charge is -2.15. The van der Waals surface area contributed by atoms with Crippen LogP contribution in [0.15, 0.2) is 39.4 Å². The summed E-state index contributed by atoms with van der Waals surface area (Å²) in [7, 11) is 0. The number of carbonyl (C=O) groups is 3. The van der Waals surface area contributed by atoms with Gasteiger partial charge in [0.25, 0.3) is 0 Å². The molecule has 2 aromatic heterocycles. The molecule has 0 unspecified atom stereocenters. The van der Waals surface area contributed by atoms with E-state index in [1.54, 1.807) is 0 Å². The third-order valence-electron chi connectivity index (χ3n) is 3.26. The Kier molecular flexibility index (Phi) is 3.72. The summed E-state index contributed by atoms with van der Waals surface area (Å²) in [5.41, 5.74) is 4.47. The van der Waals surface area contributed by atoms with E-state index in [9.17, 15) is 23.2 Å². The summed E-state index contributed by atoms with van der Waals surface area (Å²) in [6.45, 7) is 0. The van der Waals surface area contributed by atoms with Crippen LogP contribution < -0.4 is 10.6 Å². The van der Waals surface area contributed by atoms with E-state index in [0.29, 0.717) is 11.0 Å². The molecule has 0 saturated carbocycles. The highest BCUT2D eigenvalue weighted by atomic mass is 19.1. The third kappa shape index (κ3) is 2.69. The molecule has 3 N–H and O–H groups in total. The highest BCUT2D eigenvalue weighted by molar-refractivity contribution is 6.22. The second-order valence-corrected chi connectivity index (χ2v) is 4.83. The number of fused-ring (bicyclic) bond motifs is 1. The van der Waals surface area contributed by atoms with E-state index in [1.165, 1.54) is 0 Å². The number of hydrogen-bond acceptors (Lipinski definition) is 5. The average Bonchev–Trinajstić information content (AvgIpc) is 3.15. The molecule has 0 saturated heterocycles. The molecule has 25 heavy (non-hydrogen) atoms. The molecule has 10 heteroatoms. The molecule has 0 spiro atoms. The minimum Gasteiger partial charge on any atom is -0.475 e. The van der Waals surface area contributed by atoms with Crippen LogP contribution in [0.2, 0.25) is 0 Å². The van der Waals surface area contributed by atoms with Crippen LogP contribution in [-0.2, 0) is 0 Å². The zero-order valence-corrected chi connectivity index (χ0v) is 12.2. The van der Waals surface area contributed by atoms with E-state index in [0.717, 1.165) is 24.5 Å². The molecule has 3 aromatic rings. The van der Waals surface area contributed by atoms with Crippen LogP contribution in [-0.4, -0.2) is 23.0 Å². The fraction of sp³-hybridized carbons (Fsp3) is 0. The summed E-state index contributed by atoms with van der Waals surface area (Å²) in [5, 5.41) is 8.59. The van der Waals surface area contributed by atoms with E-state index in [-0.39, 0.29) is 16.7 Å². The normalized spacial score (nSPS) is 10.8. The van der Waals surface area contributed by atoms with Crippen LogP contribution in [0.4, 0.5) is 19.3 Å². The summed E-state index contributed by atoms with van der Waals surface area (Å²) in [6.07, 6.45) is 0.844. The zero-order chi connectivity index (χ0) is 18.3. The number of primary amides is 1. The predicted molar refractivity (Wildman–Crippen MR) is 78.2 cm³/mol. The van der Waals surface area contributed by atoms with Crippen LogP contribution in [0.3, 0.4) is 0 Å². The fourth-order valence-corrected chi connectivity index (χ4v) is 2.23. The van der Waals surface area contributed by atoms with Gasteiger partial charge < -0.3 is 19.7 Å². The number of hydrogen-bond donors (Lipinski definition) is 2. The number of aromatic carboxylic acids is 1. The fourth-order valence-electron chi connectivity index (χ4n) is 2.23. The maximum Gasteiger partial charge on any atom is 0.371 e. The van der Waals surface area contributed by atoms with Gasteiger partial charge in [-0.25, -0.2) is 23.3 Å². The number of imide groups is 1. The maximum absolute atomic E-state index is 13.7. The molecule has 2 heterocycles. The number of rotatable bonds is 3. The summed E-state index contributed by atoms with van der Waals surface area (Å²) in [6, 6.07) is 2.15. The van der Waals surface area contributed by atoms with Crippen molar-refractivity contribution in [3.63, 3.8) is 0 Å². The summed E-state index contributed by atoms with van der Waals surface area (Å²) < 4.78 is 36.9. The average molecular weight is 350 g/mol. The number of anilines is 1. The van der Waals surface area contributed by atoms with Gasteiger partial charge in [0.15, 0.2) is 17.2 Å². The quantitative estimate of drug-likeness (QED) is 0.748. The lowest BCUT2D eigenvalue weighted by atomic mass is 10.2. The number of nitrogens with zero attached hydrogens (tertiary/aromatic N) is 1. The first-order valence-corrected chi connectivity index (χ1v) is 6.63. The van der Waals surface area contributed by atoms with E-state index in [1.807, 2.05) is 0 Å². The molecule has 0 aliphatic rings. The Morgan fingerprint density at radius 2 is 1.80 bits per heavy atom. The molecule has 8 nitrogen and oxygen atoms in total. The van der Waals surface area contributed by atoms with Crippen molar-refractivity contribution in [2.45, 2.75) is 0 Å². The molecule has 0 aliphatic heterocycles. The van der Waals surface area contributed by atoms with Gasteiger partial charge in [-0.2, -0.15) is 0 Å². The number of nitrogens with two attached hydrogens (primary N) is 1. The highest BCUT2D eigenvalue weighted by Crippen LogP contribution is 2.32. The lowest BCUT2D eigenvalue weighted by molar-refractivity contribution is 0.0660. The smallest absolute Gasteiger partial charge is 0.371 e. The Labute approximate surface area is 137 Å². The predicted octanol–water partition coefficient (Wildman–Crippen LogP) is 2.73. The van der Waals surface area contributed by atoms with Gasteiger partial charge in [-0.1, -0.05) is 0 Å². The second kappa shape index (κ2) is 5.74. The number of halogens is 2. The van der Waals surface area contributed by atoms with Crippen molar-refractivity contribution in [3.05, 3.63) is 53.7 Å². The lowest BCUT2D eigenvalue weighted by Crippen LogP contribution is -2.40. The van der Waals surface area contributed by atoms with E-state index in [4.69, 9.17) is 19.7 Å². The van der Waals surface area contributed by atoms with E-state index < -0.39 is 41.1 Å². The number of carbonyl (C=O) groups excluding carboxylic acids is 2. The van der Waals surface area contributed by atoms with Crippen molar-refractivity contribution in [1.29, 1.82) is 0 Å². The van der Waals surface area contributed by atoms with Gasteiger partial charge in [0.1, 0.15) is 17.8 Å². The highest BCUT2D eigenvalue weighted by Gasteiger charge is 2.30. The number of amides is 3. The summed E-state index contributed by atoms with van der Waals surface area (Å²) >= 11 is 0. The maximum atomic E-state index is 13.7. The molecular weight excluding hydrogens is 342 g/mol. The van der Waals surface area contributed by atoms with Gasteiger partial charge in [-0.3, -0.25) is 4.79 Å². The van der Waals surface area contributed by atoms with Crippen molar-refractivity contribution in [2.75, 3.05) is 4.90 Å². The monoisotopic (exact) mass is 350 g/mol. The van der Waals surface area contributed by atoms with Crippen LogP contribution in [0.25, 0.3) is 11.0 Å².